The van der Waals surface area contributed by atoms with Gasteiger partial charge in [-0.25, -0.2) is 0 Å². The maximum atomic E-state index is 12.3. The van der Waals surface area contributed by atoms with Crippen molar-refractivity contribution in [3.05, 3.63) is 0 Å². The quantitative estimate of drug-likeness (QED) is 0.729. The van der Waals surface area contributed by atoms with Crippen LogP contribution in [-0.2, 0) is 4.79 Å². The molecule has 4 nitrogen and oxygen atoms in total. The van der Waals surface area contributed by atoms with E-state index in [1.54, 1.807) is 0 Å². The SMILES string of the molecule is CCC1(C(=O)N[C@H]2CCCC[C@@H]2O)CCCN1.Cl. The summed E-state index contributed by atoms with van der Waals surface area (Å²) in [4.78, 5) is 12.3. The Balaban J connectivity index is 0.00000162. The third-order valence-electron chi connectivity index (χ3n) is 4.33. The van der Waals surface area contributed by atoms with Gasteiger partial charge in [-0.1, -0.05) is 19.8 Å². The van der Waals surface area contributed by atoms with Crippen molar-refractivity contribution in [3.63, 3.8) is 0 Å². The molecule has 1 saturated heterocycles. The third kappa shape index (κ3) is 3.16. The Morgan fingerprint density at radius 1 is 1.39 bits per heavy atom. The Labute approximate surface area is 115 Å². The van der Waals surface area contributed by atoms with Crippen LogP contribution in [-0.4, -0.2) is 35.2 Å². The van der Waals surface area contributed by atoms with Gasteiger partial charge in [-0.2, -0.15) is 0 Å². The van der Waals surface area contributed by atoms with Gasteiger partial charge in [0.15, 0.2) is 0 Å². The van der Waals surface area contributed by atoms with Crippen molar-refractivity contribution in [3.8, 4) is 0 Å². The summed E-state index contributed by atoms with van der Waals surface area (Å²) in [7, 11) is 0. The van der Waals surface area contributed by atoms with Crippen molar-refractivity contribution in [1.82, 2.24) is 10.6 Å². The lowest BCUT2D eigenvalue weighted by Gasteiger charge is -2.33. The fourth-order valence-corrected chi connectivity index (χ4v) is 3.05. The molecule has 2 fully saturated rings. The van der Waals surface area contributed by atoms with Gasteiger partial charge in [0.05, 0.1) is 17.7 Å². The van der Waals surface area contributed by atoms with Crippen molar-refractivity contribution < 1.29 is 9.90 Å². The summed E-state index contributed by atoms with van der Waals surface area (Å²) in [5.41, 5.74) is -0.378. The minimum atomic E-state index is -0.378. The Bertz CT molecular complexity index is 280. The lowest BCUT2D eigenvalue weighted by molar-refractivity contribution is -0.129. The highest BCUT2D eigenvalue weighted by Gasteiger charge is 2.40. The van der Waals surface area contributed by atoms with Crippen LogP contribution in [0.1, 0.15) is 51.9 Å². The van der Waals surface area contributed by atoms with Crippen molar-refractivity contribution in [1.29, 1.82) is 0 Å². The molecule has 3 N–H and O–H groups in total. The molecule has 5 heteroatoms. The van der Waals surface area contributed by atoms with Gasteiger partial charge in [-0.05, 0) is 38.6 Å². The van der Waals surface area contributed by atoms with E-state index < -0.39 is 0 Å². The van der Waals surface area contributed by atoms with Gasteiger partial charge >= 0.3 is 0 Å². The molecule has 1 amide bonds. The number of aliphatic hydroxyl groups is 1. The molecule has 1 unspecified atom stereocenters. The van der Waals surface area contributed by atoms with Gasteiger partial charge in [0, 0.05) is 0 Å². The Hall–Kier alpha value is -0.320. The van der Waals surface area contributed by atoms with Crippen LogP contribution in [0.2, 0.25) is 0 Å². The van der Waals surface area contributed by atoms with E-state index in [4.69, 9.17) is 0 Å². The van der Waals surface area contributed by atoms with E-state index in [9.17, 15) is 9.90 Å². The highest BCUT2D eigenvalue weighted by molar-refractivity contribution is 5.87. The number of carbonyl (C=O) groups is 1. The number of halogens is 1. The second-order valence-electron chi connectivity index (χ2n) is 5.40. The first kappa shape index (κ1) is 15.7. The molecule has 2 aliphatic rings. The van der Waals surface area contributed by atoms with E-state index >= 15 is 0 Å². The van der Waals surface area contributed by atoms with Crippen LogP contribution in [0, 0.1) is 0 Å². The van der Waals surface area contributed by atoms with Crippen LogP contribution in [0.3, 0.4) is 0 Å². The van der Waals surface area contributed by atoms with Crippen molar-refractivity contribution >= 4 is 18.3 Å². The second kappa shape index (κ2) is 6.73. The van der Waals surface area contributed by atoms with Gasteiger partial charge in [-0.15, -0.1) is 12.4 Å². The van der Waals surface area contributed by atoms with Gasteiger partial charge in [0.1, 0.15) is 0 Å². The summed E-state index contributed by atoms with van der Waals surface area (Å²) in [6.45, 7) is 2.98. The van der Waals surface area contributed by atoms with Gasteiger partial charge < -0.3 is 15.7 Å². The molecule has 1 heterocycles. The first-order valence-corrected chi connectivity index (χ1v) is 6.92. The maximum Gasteiger partial charge on any atom is 0.240 e. The lowest BCUT2D eigenvalue weighted by atomic mass is 9.89. The maximum absolute atomic E-state index is 12.3. The predicted molar refractivity (Wildman–Crippen MR) is 73.9 cm³/mol. The van der Waals surface area contributed by atoms with Crippen LogP contribution in [0.4, 0.5) is 0 Å². The molecule has 18 heavy (non-hydrogen) atoms. The molecule has 3 atom stereocenters. The first-order chi connectivity index (χ1) is 8.18. The van der Waals surface area contributed by atoms with E-state index in [1.807, 2.05) is 0 Å². The zero-order valence-electron chi connectivity index (χ0n) is 11.1. The summed E-state index contributed by atoms with van der Waals surface area (Å²) in [6.07, 6.45) is 6.35. The van der Waals surface area contributed by atoms with Crippen LogP contribution >= 0.6 is 12.4 Å². The average molecular weight is 277 g/mol. The van der Waals surface area contributed by atoms with E-state index in [0.29, 0.717) is 0 Å². The van der Waals surface area contributed by atoms with Crippen molar-refractivity contribution in [2.24, 2.45) is 0 Å². The van der Waals surface area contributed by atoms with Crippen LogP contribution in [0.15, 0.2) is 0 Å². The molecule has 0 aromatic rings. The first-order valence-electron chi connectivity index (χ1n) is 6.92. The summed E-state index contributed by atoms with van der Waals surface area (Å²) in [6, 6.07) is -0.0397. The standard InChI is InChI=1S/C13H24N2O2.ClH/c1-2-13(8-5-9-14-13)12(17)15-10-6-3-4-7-11(10)16;/h10-11,14,16H,2-9H2,1H3,(H,15,17);1H/t10-,11-,13?;/m0./s1. The van der Waals surface area contributed by atoms with Crippen molar-refractivity contribution in [2.45, 2.75) is 69.6 Å². The minimum absolute atomic E-state index is 0. The molecule has 1 aliphatic heterocycles. The van der Waals surface area contributed by atoms with E-state index in [0.717, 1.165) is 51.5 Å². The summed E-state index contributed by atoms with van der Waals surface area (Å²) < 4.78 is 0. The lowest BCUT2D eigenvalue weighted by Crippen LogP contribution is -2.57. The molecule has 1 saturated carbocycles. The second-order valence-corrected chi connectivity index (χ2v) is 5.40. The van der Waals surface area contributed by atoms with E-state index in [1.165, 1.54) is 0 Å². The van der Waals surface area contributed by atoms with Crippen molar-refractivity contribution in [2.75, 3.05) is 6.54 Å². The van der Waals surface area contributed by atoms with E-state index in [2.05, 4.69) is 17.6 Å². The summed E-state index contributed by atoms with van der Waals surface area (Å²) in [5.74, 6) is 0.0865. The largest absolute Gasteiger partial charge is 0.391 e. The fourth-order valence-electron chi connectivity index (χ4n) is 3.05. The number of rotatable bonds is 3. The van der Waals surface area contributed by atoms with Gasteiger partial charge in [0.2, 0.25) is 5.91 Å². The molecule has 0 bridgehead atoms. The van der Waals surface area contributed by atoms with Gasteiger partial charge in [-0.3, -0.25) is 4.79 Å². The number of amides is 1. The number of nitrogens with one attached hydrogen (secondary N) is 2. The highest BCUT2D eigenvalue weighted by atomic mass is 35.5. The number of carbonyl (C=O) groups excluding carboxylic acids is 1. The Kier molecular flexibility index (Phi) is 5.89. The molecule has 0 aromatic carbocycles. The molecule has 0 spiro atoms. The van der Waals surface area contributed by atoms with Gasteiger partial charge in [0.25, 0.3) is 0 Å². The number of aliphatic hydroxyl groups excluding tert-OH is 1. The van der Waals surface area contributed by atoms with E-state index in [-0.39, 0.29) is 36.0 Å². The van der Waals surface area contributed by atoms with Crippen LogP contribution < -0.4 is 10.6 Å². The highest BCUT2D eigenvalue weighted by Crippen LogP contribution is 2.25. The molecular weight excluding hydrogens is 252 g/mol. The average Bonchev–Trinajstić information content (AvgIpc) is 2.82. The summed E-state index contributed by atoms with van der Waals surface area (Å²) >= 11 is 0. The monoisotopic (exact) mass is 276 g/mol. The molecule has 106 valence electrons. The summed E-state index contributed by atoms with van der Waals surface area (Å²) in [5, 5.41) is 16.3. The van der Waals surface area contributed by atoms with Crippen LogP contribution in [0.25, 0.3) is 0 Å². The topological polar surface area (TPSA) is 61.4 Å². The minimum Gasteiger partial charge on any atom is -0.391 e. The molecule has 0 radical (unpaired) electrons. The zero-order chi connectivity index (χ0) is 12.3. The number of hydrogen-bond acceptors (Lipinski definition) is 3. The molecule has 2 rings (SSSR count). The van der Waals surface area contributed by atoms with Crippen LogP contribution in [0.5, 0.6) is 0 Å². The smallest absolute Gasteiger partial charge is 0.240 e. The zero-order valence-corrected chi connectivity index (χ0v) is 11.9. The Morgan fingerprint density at radius 2 is 2.11 bits per heavy atom. The fraction of sp³-hybridized carbons (Fsp3) is 0.923. The predicted octanol–water partition coefficient (Wildman–Crippen LogP) is 1.36. The normalized spacial score (nSPS) is 35.9. The molecular formula is C13H25ClN2O2. The molecule has 0 aromatic heterocycles. The number of hydrogen-bond donors (Lipinski definition) is 3. The molecule has 1 aliphatic carbocycles. The Morgan fingerprint density at radius 3 is 2.67 bits per heavy atom. The third-order valence-corrected chi connectivity index (χ3v) is 4.33.